The Bertz CT molecular complexity index is 684. The summed E-state index contributed by atoms with van der Waals surface area (Å²) in [6, 6.07) is 4.86. The van der Waals surface area contributed by atoms with E-state index in [0.29, 0.717) is 17.1 Å². The van der Waals surface area contributed by atoms with Crippen LogP contribution in [0.2, 0.25) is 0 Å². The Morgan fingerprint density at radius 1 is 1.35 bits per heavy atom. The Kier molecular flexibility index (Phi) is 4.97. The van der Waals surface area contributed by atoms with Crippen LogP contribution in [-0.2, 0) is 14.4 Å². The Labute approximate surface area is 132 Å². The maximum atomic E-state index is 12.1. The average Bonchev–Trinajstić information content (AvgIpc) is 2.76. The molecule has 122 valence electrons. The number of carbonyl (C=O) groups is 3. The number of hydrogen-bond donors (Lipinski definition) is 3. The Balaban J connectivity index is 2.18. The predicted molar refractivity (Wildman–Crippen MR) is 82.8 cm³/mol. The van der Waals surface area contributed by atoms with Crippen molar-refractivity contribution < 1.29 is 24.2 Å². The van der Waals surface area contributed by atoms with Gasteiger partial charge in [-0.25, -0.2) is 0 Å². The quantitative estimate of drug-likeness (QED) is 0.651. The molecule has 8 heteroatoms. The van der Waals surface area contributed by atoms with E-state index in [1.807, 2.05) is 0 Å². The molecule has 3 amide bonds. The molecule has 2 rings (SSSR count). The summed E-state index contributed by atoms with van der Waals surface area (Å²) < 4.78 is 5.19. The summed E-state index contributed by atoms with van der Waals surface area (Å²) in [5.41, 5.74) is 1.13. The Morgan fingerprint density at radius 3 is 2.70 bits per heavy atom. The second-order valence-electron chi connectivity index (χ2n) is 4.80. The van der Waals surface area contributed by atoms with Gasteiger partial charge in [0.05, 0.1) is 25.9 Å². The standard InChI is InChI=1S/C15H17N3O5/c1-9(20)16-11-4-3-10(7-13(11)23-2)17-12-8-14(21)18(5-6-19)15(12)22/h3-4,7-8,17,19H,5-6H2,1-2H3,(H,16,20). The number of aliphatic hydroxyl groups is 1. The number of imide groups is 1. The van der Waals surface area contributed by atoms with Gasteiger partial charge >= 0.3 is 0 Å². The molecule has 0 unspecified atom stereocenters. The van der Waals surface area contributed by atoms with Gasteiger partial charge in [0.15, 0.2) is 0 Å². The molecule has 1 heterocycles. The molecule has 0 aliphatic carbocycles. The number of nitrogens with one attached hydrogen (secondary N) is 2. The maximum absolute atomic E-state index is 12.1. The van der Waals surface area contributed by atoms with Crippen molar-refractivity contribution in [3.63, 3.8) is 0 Å². The summed E-state index contributed by atoms with van der Waals surface area (Å²) in [7, 11) is 1.46. The van der Waals surface area contributed by atoms with E-state index in [4.69, 9.17) is 9.84 Å². The van der Waals surface area contributed by atoms with Crippen LogP contribution in [0.25, 0.3) is 0 Å². The zero-order valence-electron chi connectivity index (χ0n) is 12.8. The number of nitrogens with zero attached hydrogens (tertiary/aromatic N) is 1. The van der Waals surface area contributed by atoms with Crippen molar-refractivity contribution in [3.05, 3.63) is 30.0 Å². The number of carbonyl (C=O) groups excluding carboxylic acids is 3. The van der Waals surface area contributed by atoms with E-state index < -0.39 is 11.8 Å². The second kappa shape index (κ2) is 6.93. The Morgan fingerprint density at radius 2 is 2.09 bits per heavy atom. The predicted octanol–water partition coefficient (Wildman–Crippen LogP) is 0.310. The van der Waals surface area contributed by atoms with Gasteiger partial charge in [-0.15, -0.1) is 0 Å². The molecule has 8 nitrogen and oxygen atoms in total. The van der Waals surface area contributed by atoms with Gasteiger partial charge in [-0.05, 0) is 12.1 Å². The number of methoxy groups -OCH3 is 1. The first-order chi connectivity index (χ1) is 11.0. The van der Waals surface area contributed by atoms with E-state index in [1.54, 1.807) is 18.2 Å². The number of ether oxygens (including phenoxy) is 1. The van der Waals surface area contributed by atoms with Crippen molar-refractivity contribution in [2.24, 2.45) is 0 Å². The topological polar surface area (TPSA) is 108 Å². The van der Waals surface area contributed by atoms with Crippen LogP contribution >= 0.6 is 0 Å². The van der Waals surface area contributed by atoms with Gasteiger partial charge < -0.3 is 20.5 Å². The molecule has 1 aliphatic rings. The van der Waals surface area contributed by atoms with Gasteiger partial charge in [0, 0.05) is 24.8 Å². The molecule has 0 saturated carbocycles. The third-order valence-corrected chi connectivity index (χ3v) is 3.12. The van der Waals surface area contributed by atoms with E-state index in [-0.39, 0.29) is 24.8 Å². The fourth-order valence-electron chi connectivity index (χ4n) is 2.13. The smallest absolute Gasteiger partial charge is 0.277 e. The summed E-state index contributed by atoms with van der Waals surface area (Å²) in [6.45, 7) is 1.04. The zero-order valence-corrected chi connectivity index (χ0v) is 12.8. The summed E-state index contributed by atoms with van der Waals surface area (Å²) in [6.07, 6.45) is 1.17. The molecule has 1 aliphatic heterocycles. The fourth-order valence-corrected chi connectivity index (χ4v) is 2.13. The van der Waals surface area contributed by atoms with Crippen LogP contribution < -0.4 is 15.4 Å². The Hall–Kier alpha value is -2.87. The highest BCUT2D eigenvalue weighted by Crippen LogP contribution is 2.29. The van der Waals surface area contributed by atoms with E-state index in [1.165, 1.54) is 20.1 Å². The van der Waals surface area contributed by atoms with Crippen molar-refractivity contribution >= 4 is 29.1 Å². The van der Waals surface area contributed by atoms with Gasteiger partial charge in [-0.3, -0.25) is 19.3 Å². The molecule has 23 heavy (non-hydrogen) atoms. The van der Waals surface area contributed by atoms with E-state index >= 15 is 0 Å². The van der Waals surface area contributed by atoms with Crippen molar-refractivity contribution in [2.75, 3.05) is 30.9 Å². The molecule has 0 fully saturated rings. The number of amides is 3. The lowest BCUT2D eigenvalue weighted by Crippen LogP contribution is -2.34. The van der Waals surface area contributed by atoms with E-state index in [0.717, 1.165) is 4.90 Å². The summed E-state index contributed by atoms with van der Waals surface area (Å²) in [4.78, 5) is 35.8. The molecule has 0 radical (unpaired) electrons. The molecule has 0 spiro atoms. The highest BCUT2D eigenvalue weighted by molar-refractivity contribution is 6.17. The highest BCUT2D eigenvalue weighted by Gasteiger charge is 2.30. The molecule has 0 aromatic heterocycles. The number of hydrogen-bond acceptors (Lipinski definition) is 6. The first-order valence-electron chi connectivity index (χ1n) is 6.87. The van der Waals surface area contributed by atoms with Crippen LogP contribution in [0.3, 0.4) is 0 Å². The highest BCUT2D eigenvalue weighted by atomic mass is 16.5. The van der Waals surface area contributed by atoms with Gasteiger partial charge in [-0.1, -0.05) is 0 Å². The minimum atomic E-state index is -0.506. The van der Waals surface area contributed by atoms with Gasteiger partial charge in [0.1, 0.15) is 11.4 Å². The monoisotopic (exact) mass is 319 g/mol. The fraction of sp³-hybridized carbons (Fsp3) is 0.267. The van der Waals surface area contributed by atoms with Crippen LogP contribution in [0.4, 0.5) is 11.4 Å². The van der Waals surface area contributed by atoms with Crippen molar-refractivity contribution in [2.45, 2.75) is 6.92 Å². The minimum Gasteiger partial charge on any atom is -0.494 e. The first-order valence-corrected chi connectivity index (χ1v) is 6.87. The van der Waals surface area contributed by atoms with Crippen LogP contribution in [0.1, 0.15) is 6.92 Å². The molecule has 0 saturated heterocycles. The van der Waals surface area contributed by atoms with Crippen molar-refractivity contribution in [3.8, 4) is 5.75 Å². The van der Waals surface area contributed by atoms with Gasteiger partial charge in [-0.2, -0.15) is 0 Å². The summed E-state index contributed by atoms with van der Waals surface area (Å²) >= 11 is 0. The maximum Gasteiger partial charge on any atom is 0.277 e. The van der Waals surface area contributed by atoms with Crippen molar-refractivity contribution in [1.82, 2.24) is 4.90 Å². The van der Waals surface area contributed by atoms with Gasteiger partial charge in [0.2, 0.25) is 5.91 Å². The van der Waals surface area contributed by atoms with E-state index in [2.05, 4.69) is 10.6 Å². The lowest BCUT2D eigenvalue weighted by atomic mass is 10.2. The first kappa shape index (κ1) is 16.5. The van der Waals surface area contributed by atoms with Crippen LogP contribution in [0.5, 0.6) is 5.75 Å². The lowest BCUT2D eigenvalue weighted by Gasteiger charge is -2.14. The molecule has 0 bridgehead atoms. The van der Waals surface area contributed by atoms with Gasteiger partial charge in [0.25, 0.3) is 11.8 Å². The number of β-amino-alcohol motifs (C(OH)–C–C–N with tert-alkyl or cyclic N) is 1. The summed E-state index contributed by atoms with van der Waals surface area (Å²) in [5.74, 6) is -0.806. The molecule has 0 atom stereocenters. The SMILES string of the molecule is COc1cc(NC2=CC(=O)N(CCO)C2=O)ccc1NC(C)=O. The third kappa shape index (κ3) is 3.67. The molecule has 3 N–H and O–H groups in total. The normalized spacial score (nSPS) is 13.9. The van der Waals surface area contributed by atoms with Crippen LogP contribution in [0, 0.1) is 0 Å². The second-order valence-corrected chi connectivity index (χ2v) is 4.80. The van der Waals surface area contributed by atoms with Crippen molar-refractivity contribution in [1.29, 1.82) is 0 Å². The van der Waals surface area contributed by atoms with Crippen LogP contribution in [0.15, 0.2) is 30.0 Å². The molecular weight excluding hydrogens is 302 g/mol. The largest absolute Gasteiger partial charge is 0.494 e. The number of rotatable bonds is 6. The van der Waals surface area contributed by atoms with E-state index in [9.17, 15) is 14.4 Å². The molecule has 1 aromatic rings. The molecule has 1 aromatic carbocycles. The number of benzene rings is 1. The summed E-state index contributed by atoms with van der Waals surface area (Å²) in [5, 5.41) is 14.3. The number of aliphatic hydroxyl groups excluding tert-OH is 1. The average molecular weight is 319 g/mol. The minimum absolute atomic E-state index is 0.0515. The van der Waals surface area contributed by atoms with Crippen LogP contribution in [-0.4, -0.2) is 48.0 Å². The molecular formula is C15H17N3O5. The third-order valence-electron chi connectivity index (χ3n) is 3.12. The lowest BCUT2D eigenvalue weighted by molar-refractivity contribution is -0.137. The number of anilines is 2. The zero-order chi connectivity index (χ0) is 17.0.